The van der Waals surface area contributed by atoms with Crippen LogP contribution in [0.15, 0.2) is 72.8 Å². The van der Waals surface area contributed by atoms with E-state index < -0.39 is 0 Å². The summed E-state index contributed by atoms with van der Waals surface area (Å²) in [4.78, 5) is 1.32. The first-order chi connectivity index (χ1) is 11.8. The van der Waals surface area contributed by atoms with E-state index in [0.29, 0.717) is 0 Å². The molecule has 0 aliphatic rings. The van der Waals surface area contributed by atoms with Gasteiger partial charge in [0.25, 0.3) is 0 Å². The van der Waals surface area contributed by atoms with E-state index in [1.807, 2.05) is 23.5 Å². The second kappa shape index (κ2) is 6.14. The van der Waals surface area contributed by atoms with Gasteiger partial charge in [-0.05, 0) is 36.2 Å². The number of methoxy groups -OCH3 is 1. The lowest BCUT2D eigenvalue weighted by atomic mass is 9.98. The number of ether oxygens (including phenoxy) is 1. The minimum Gasteiger partial charge on any atom is -0.497 e. The van der Waals surface area contributed by atoms with Crippen LogP contribution in [0.3, 0.4) is 0 Å². The molecule has 1 nitrogen and oxygen atoms in total. The zero-order valence-corrected chi connectivity index (χ0v) is 14.6. The lowest BCUT2D eigenvalue weighted by Gasteiger charge is -2.07. The van der Waals surface area contributed by atoms with Crippen LogP contribution in [-0.2, 0) is 0 Å². The molecule has 0 N–H and O–H groups in total. The van der Waals surface area contributed by atoms with E-state index in [9.17, 15) is 0 Å². The van der Waals surface area contributed by atoms with E-state index in [0.717, 1.165) is 5.75 Å². The molecule has 0 unspecified atom stereocenters. The summed E-state index contributed by atoms with van der Waals surface area (Å²) in [5, 5.41) is 1.31. The van der Waals surface area contributed by atoms with Crippen LogP contribution < -0.4 is 4.74 Å². The number of thiophene rings is 1. The molecule has 0 amide bonds. The zero-order valence-electron chi connectivity index (χ0n) is 13.7. The van der Waals surface area contributed by atoms with Crippen LogP contribution in [0.2, 0.25) is 0 Å². The van der Waals surface area contributed by atoms with E-state index in [-0.39, 0.29) is 0 Å². The molecule has 1 heterocycles. The smallest absolute Gasteiger partial charge is 0.118 e. The minimum atomic E-state index is 0.884. The Morgan fingerprint density at radius 1 is 0.750 bits per heavy atom. The molecule has 0 fully saturated rings. The fourth-order valence-electron chi connectivity index (χ4n) is 3.00. The third-order valence-electron chi connectivity index (χ3n) is 4.29. The summed E-state index contributed by atoms with van der Waals surface area (Å²) in [7, 11) is 1.70. The predicted octanol–water partition coefficient (Wildman–Crippen LogP) is 6.55. The van der Waals surface area contributed by atoms with Crippen LogP contribution >= 0.6 is 11.3 Å². The van der Waals surface area contributed by atoms with Gasteiger partial charge < -0.3 is 4.74 Å². The quantitative estimate of drug-likeness (QED) is 0.414. The number of hydrogen-bond donors (Lipinski definition) is 0. The molecule has 0 bridgehead atoms. The standard InChI is InChI=1S/C22H18OS/c1-15-7-9-17(10-8-15)22-21(16-11-13-18(23-2)14-12-16)19-5-3-4-6-20(19)24-22/h3-14H,1-2H3. The van der Waals surface area contributed by atoms with E-state index in [4.69, 9.17) is 4.74 Å². The number of fused-ring (bicyclic) bond motifs is 1. The van der Waals surface area contributed by atoms with Gasteiger partial charge in [-0.15, -0.1) is 11.3 Å². The SMILES string of the molecule is COc1ccc(-c2c(-c3ccc(C)cc3)sc3ccccc23)cc1. The summed E-state index contributed by atoms with van der Waals surface area (Å²) in [5.74, 6) is 0.884. The first-order valence-corrected chi connectivity index (χ1v) is 8.81. The highest BCUT2D eigenvalue weighted by molar-refractivity contribution is 7.23. The van der Waals surface area contributed by atoms with E-state index >= 15 is 0 Å². The number of aryl methyl sites for hydroxylation is 1. The van der Waals surface area contributed by atoms with Crippen LogP contribution in [0.1, 0.15) is 5.56 Å². The van der Waals surface area contributed by atoms with Gasteiger partial charge in [0, 0.05) is 20.5 Å². The van der Waals surface area contributed by atoms with Crippen LogP contribution in [0.4, 0.5) is 0 Å². The molecule has 0 aliphatic heterocycles. The van der Waals surface area contributed by atoms with Crippen molar-refractivity contribution in [2.24, 2.45) is 0 Å². The number of hydrogen-bond acceptors (Lipinski definition) is 2. The first-order valence-electron chi connectivity index (χ1n) is 7.99. The molecule has 0 saturated carbocycles. The van der Waals surface area contributed by atoms with Crippen molar-refractivity contribution in [1.82, 2.24) is 0 Å². The van der Waals surface area contributed by atoms with Crippen molar-refractivity contribution >= 4 is 21.4 Å². The normalized spacial score (nSPS) is 10.9. The Kier molecular flexibility index (Phi) is 3.83. The van der Waals surface area contributed by atoms with Crippen molar-refractivity contribution < 1.29 is 4.74 Å². The molecule has 118 valence electrons. The molecule has 0 saturated heterocycles. The van der Waals surface area contributed by atoms with Crippen molar-refractivity contribution in [3.05, 3.63) is 78.4 Å². The van der Waals surface area contributed by atoms with Gasteiger partial charge in [-0.2, -0.15) is 0 Å². The molecule has 4 aromatic rings. The Labute approximate surface area is 146 Å². The van der Waals surface area contributed by atoms with Crippen LogP contribution in [-0.4, -0.2) is 7.11 Å². The number of benzene rings is 3. The van der Waals surface area contributed by atoms with Gasteiger partial charge in [-0.1, -0.05) is 60.2 Å². The van der Waals surface area contributed by atoms with Crippen molar-refractivity contribution in [3.8, 4) is 27.3 Å². The average molecular weight is 330 g/mol. The first kappa shape index (κ1) is 15.0. The number of rotatable bonds is 3. The van der Waals surface area contributed by atoms with Gasteiger partial charge in [0.1, 0.15) is 5.75 Å². The fourth-order valence-corrected chi connectivity index (χ4v) is 4.23. The minimum absolute atomic E-state index is 0.884. The van der Waals surface area contributed by atoms with Crippen molar-refractivity contribution in [1.29, 1.82) is 0 Å². The molecule has 4 rings (SSSR count). The summed E-state index contributed by atoms with van der Waals surface area (Å²) >= 11 is 1.86. The summed E-state index contributed by atoms with van der Waals surface area (Å²) < 4.78 is 6.62. The summed E-state index contributed by atoms with van der Waals surface area (Å²) in [6, 6.07) is 25.8. The third-order valence-corrected chi connectivity index (χ3v) is 5.51. The maximum atomic E-state index is 5.30. The van der Waals surface area contributed by atoms with Gasteiger partial charge in [-0.3, -0.25) is 0 Å². The zero-order chi connectivity index (χ0) is 16.5. The molecular formula is C22H18OS. The maximum absolute atomic E-state index is 5.30. The molecule has 0 radical (unpaired) electrons. The van der Waals surface area contributed by atoms with Crippen molar-refractivity contribution in [2.75, 3.05) is 7.11 Å². The largest absolute Gasteiger partial charge is 0.497 e. The Hall–Kier alpha value is -2.58. The molecule has 0 aliphatic carbocycles. The molecular weight excluding hydrogens is 312 g/mol. The van der Waals surface area contributed by atoms with Crippen LogP contribution in [0.5, 0.6) is 5.75 Å². The lowest BCUT2D eigenvalue weighted by molar-refractivity contribution is 0.415. The van der Waals surface area contributed by atoms with Crippen LogP contribution in [0.25, 0.3) is 31.7 Å². The van der Waals surface area contributed by atoms with Gasteiger partial charge in [0.2, 0.25) is 0 Å². The molecule has 0 atom stereocenters. The van der Waals surface area contributed by atoms with E-state index in [1.165, 1.54) is 37.2 Å². The molecule has 2 heteroatoms. The van der Waals surface area contributed by atoms with Crippen LogP contribution in [0, 0.1) is 6.92 Å². The second-order valence-corrected chi connectivity index (χ2v) is 6.95. The Bertz CT molecular complexity index is 979. The highest BCUT2D eigenvalue weighted by Gasteiger charge is 2.15. The monoisotopic (exact) mass is 330 g/mol. The Morgan fingerprint density at radius 2 is 1.42 bits per heavy atom. The summed E-state index contributed by atoms with van der Waals surface area (Å²) in [6.07, 6.45) is 0. The van der Waals surface area contributed by atoms with E-state index in [1.54, 1.807) is 7.11 Å². The molecule has 3 aromatic carbocycles. The van der Waals surface area contributed by atoms with Gasteiger partial charge in [0.15, 0.2) is 0 Å². The fraction of sp³-hybridized carbons (Fsp3) is 0.0909. The molecule has 24 heavy (non-hydrogen) atoms. The highest BCUT2D eigenvalue weighted by Crippen LogP contribution is 2.44. The van der Waals surface area contributed by atoms with Crippen molar-refractivity contribution in [2.45, 2.75) is 6.92 Å². The lowest BCUT2D eigenvalue weighted by Crippen LogP contribution is -1.84. The summed E-state index contributed by atoms with van der Waals surface area (Å²) in [6.45, 7) is 2.12. The van der Waals surface area contributed by atoms with Crippen molar-refractivity contribution in [3.63, 3.8) is 0 Å². The average Bonchev–Trinajstić information content (AvgIpc) is 3.02. The molecule has 0 spiro atoms. The topological polar surface area (TPSA) is 9.23 Å². The summed E-state index contributed by atoms with van der Waals surface area (Å²) in [5.41, 5.74) is 5.09. The maximum Gasteiger partial charge on any atom is 0.118 e. The third kappa shape index (κ3) is 2.59. The molecule has 1 aromatic heterocycles. The van der Waals surface area contributed by atoms with Gasteiger partial charge in [-0.25, -0.2) is 0 Å². The van der Waals surface area contributed by atoms with Gasteiger partial charge in [0.05, 0.1) is 7.11 Å². The second-order valence-electron chi connectivity index (χ2n) is 5.90. The van der Waals surface area contributed by atoms with Gasteiger partial charge >= 0.3 is 0 Å². The Morgan fingerprint density at radius 3 is 2.12 bits per heavy atom. The Balaban J connectivity index is 1.97. The van der Waals surface area contributed by atoms with E-state index in [2.05, 4.69) is 67.6 Å². The highest BCUT2D eigenvalue weighted by atomic mass is 32.1. The predicted molar refractivity (Wildman–Crippen MR) is 104 cm³/mol.